The summed E-state index contributed by atoms with van der Waals surface area (Å²) in [4.78, 5) is 32.0. The van der Waals surface area contributed by atoms with Crippen LogP contribution in [-0.2, 0) is 11.3 Å². The molecule has 0 saturated carbocycles. The van der Waals surface area contributed by atoms with Gasteiger partial charge in [0.05, 0.1) is 13.3 Å². The number of methoxy groups -OCH3 is 1. The molecular formula is C33H47N5O4. The summed E-state index contributed by atoms with van der Waals surface area (Å²) in [5, 5.41) is 8.38. The zero-order valence-electron chi connectivity index (χ0n) is 26.6. The van der Waals surface area contributed by atoms with Crippen molar-refractivity contribution in [3.05, 3.63) is 78.0 Å². The number of carbonyl (C=O) groups is 2. The molecule has 1 saturated heterocycles. The van der Waals surface area contributed by atoms with Crippen LogP contribution >= 0.6 is 0 Å². The molecular weight excluding hydrogens is 530 g/mol. The highest BCUT2D eigenvalue weighted by molar-refractivity contribution is 6.02. The Morgan fingerprint density at radius 3 is 2.36 bits per heavy atom. The van der Waals surface area contributed by atoms with Crippen molar-refractivity contribution in [3.63, 3.8) is 0 Å². The van der Waals surface area contributed by atoms with Gasteiger partial charge in [0.2, 0.25) is 0 Å². The predicted molar refractivity (Wildman–Crippen MR) is 167 cm³/mol. The number of rotatable bonds is 9. The van der Waals surface area contributed by atoms with E-state index in [0.29, 0.717) is 22.9 Å². The van der Waals surface area contributed by atoms with Crippen LogP contribution in [0.2, 0.25) is 0 Å². The lowest BCUT2D eigenvalue weighted by molar-refractivity contribution is -0.0557. The summed E-state index contributed by atoms with van der Waals surface area (Å²) in [5.74, 6) is 1.02. The third kappa shape index (κ3) is 8.82. The number of amides is 3. The van der Waals surface area contributed by atoms with Gasteiger partial charge in [-0.15, -0.1) is 0 Å². The van der Waals surface area contributed by atoms with Gasteiger partial charge in [0, 0.05) is 47.3 Å². The second kappa shape index (κ2) is 13.0. The van der Waals surface area contributed by atoms with E-state index in [1.807, 2.05) is 32.9 Å². The summed E-state index contributed by atoms with van der Waals surface area (Å²) < 4.78 is 11.7. The summed E-state index contributed by atoms with van der Waals surface area (Å²) in [6.45, 7) is 19.1. The van der Waals surface area contributed by atoms with Crippen molar-refractivity contribution in [3.8, 4) is 5.75 Å². The molecule has 9 heteroatoms. The molecule has 228 valence electrons. The summed E-state index contributed by atoms with van der Waals surface area (Å²) in [5.41, 5.74) is 1.93. The van der Waals surface area contributed by atoms with E-state index in [1.165, 1.54) is 0 Å². The van der Waals surface area contributed by atoms with Gasteiger partial charge in [-0.05, 0) is 70.6 Å². The van der Waals surface area contributed by atoms with Gasteiger partial charge in [-0.1, -0.05) is 39.5 Å². The summed E-state index contributed by atoms with van der Waals surface area (Å²) in [6, 6.07) is 10.3. The standard InChI is InChI=1S/C33H47N5O4/c1-22(16-28(41-10)31(2,3)4)36-30(40)35-20-23-12-11-13-24(17-23)37-29(39)27-15-14-25(21-34-27)42-26-18-32(5,6)38(9)33(7,8)19-26/h11-17,21,26H,1,18-20H2,2-10H3,(H,37,39)(H2,35,36,40)/b28-16-. The molecule has 1 aromatic carbocycles. The van der Waals surface area contributed by atoms with Crippen LogP contribution in [0.1, 0.15) is 77.4 Å². The maximum absolute atomic E-state index is 12.9. The maximum Gasteiger partial charge on any atom is 0.319 e. The molecule has 0 bridgehead atoms. The van der Waals surface area contributed by atoms with Crippen molar-refractivity contribution < 1.29 is 19.1 Å². The maximum atomic E-state index is 12.9. The summed E-state index contributed by atoms with van der Waals surface area (Å²) >= 11 is 0. The van der Waals surface area contributed by atoms with Gasteiger partial charge in [0.15, 0.2) is 0 Å². The summed E-state index contributed by atoms with van der Waals surface area (Å²) in [6.07, 6.45) is 5.18. The highest BCUT2D eigenvalue weighted by Crippen LogP contribution is 2.38. The summed E-state index contributed by atoms with van der Waals surface area (Å²) in [7, 11) is 3.76. The Labute approximate surface area is 250 Å². The Bertz CT molecular complexity index is 1290. The Kier molecular flexibility index (Phi) is 10.1. The smallest absolute Gasteiger partial charge is 0.319 e. The third-order valence-corrected chi connectivity index (χ3v) is 7.72. The van der Waals surface area contributed by atoms with Crippen LogP contribution in [0.4, 0.5) is 10.5 Å². The number of benzene rings is 1. The molecule has 0 aliphatic carbocycles. The zero-order chi connectivity index (χ0) is 31.3. The highest BCUT2D eigenvalue weighted by Gasteiger charge is 2.44. The van der Waals surface area contributed by atoms with Crippen LogP contribution in [0.15, 0.2) is 66.7 Å². The van der Waals surface area contributed by atoms with Gasteiger partial charge in [-0.2, -0.15) is 0 Å². The van der Waals surface area contributed by atoms with Crippen LogP contribution in [0, 0.1) is 5.41 Å². The third-order valence-electron chi connectivity index (χ3n) is 7.72. The van der Waals surface area contributed by atoms with E-state index in [4.69, 9.17) is 9.47 Å². The van der Waals surface area contributed by atoms with Gasteiger partial charge in [0.25, 0.3) is 5.91 Å². The van der Waals surface area contributed by atoms with E-state index in [1.54, 1.807) is 43.6 Å². The second-order valence-corrected chi connectivity index (χ2v) is 13.2. The molecule has 9 nitrogen and oxygen atoms in total. The number of likely N-dealkylation sites (tertiary alicyclic amines) is 1. The lowest BCUT2D eigenvalue weighted by Crippen LogP contribution is -2.60. The number of piperidine rings is 1. The Hall–Kier alpha value is -3.85. The minimum absolute atomic E-state index is 0.0136. The van der Waals surface area contributed by atoms with Crippen LogP contribution in [0.3, 0.4) is 0 Å². The number of hydrogen-bond acceptors (Lipinski definition) is 6. The van der Waals surface area contributed by atoms with Crippen molar-refractivity contribution in [2.45, 2.75) is 85.0 Å². The number of anilines is 1. The number of nitrogens with one attached hydrogen (secondary N) is 3. The molecule has 1 fully saturated rings. The number of pyridine rings is 1. The first-order chi connectivity index (χ1) is 19.5. The Balaban J connectivity index is 1.54. The molecule has 1 aromatic heterocycles. The van der Waals surface area contributed by atoms with Crippen molar-refractivity contribution in [1.82, 2.24) is 20.5 Å². The quantitative estimate of drug-likeness (QED) is 0.240. The van der Waals surface area contributed by atoms with E-state index >= 15 is 0 Å². The SMILES string of the molecule is C=C(/C=C(\OC)C(C)(C)C)NC(=O)NCc1cccc(NC(=O)c2ccc(OC3CC(C)(C)N(C)C(C)(C)C3)cn2)c1. The van der Waals surface area contributed by atoms with E-state index in [0.717, 1.165) is 18.4 Å². The number of ether oxygens (including phenoxy) is 2. The number of allylic oxidation sites excluding steroid dienone is 2. The fourth-order valence-corrected chi connectivity index (χ4v) is 5.24. The fraction of sp³-hybridized carbons (Fsp3) is 0.485. The largest absolute Gasteiger partial charge is 0.500 e. The molecule has 2 aromatic rings. The zero-order valence-corrected chi connectivity index (χ0v) is 26.6. The van der Waals surface area contributed by atoms with Crippen molar-refractivity contribution in [2.75, 3.05) is 19.5 Å². The molecule has 42 heavy (non-hydrogen) atoms. The van der Waals surface area contributed by atoms with E-state index in [9.17, 15) is 9.59 Å². The number of hydrogen-bond donors (Lipinski definition) is 3. The number of nitrogens with zero attached hydrogens (tertiary/aromatic N) is 2. The molecule has 0 unspecified atom stereocenters. The van der Waals surface area contributed by atoms with Gasteiger partial charge >= 0.3 is 6.03 Å². The monoisotopic (exact) mass is 577 g/mol. The Morgan fingerprint density at radius 2 is 1.79 bits per heavy atom. The average Bonchev–Trinajstić information content (AvgIpc) is 2.89. The molecule has 3 rings (SSSR count). The lowest BCUT2D eigenvalue weighted by atomic mass is 9.79. The number of carbonyl (C=O) groups excluding carboxylic acids is 2. The highest BCUT2D eigenvalue weighted by atomic mass is 16.5. The average molecular weight is 578 g/mol. The minimum atomic E-state index is -0.395. The van der Waals surface area contributed by atoms with Crippen molar-refractivity contribution in [2.24, 2.45) is 5.41 Å². The first kappa shape index (κ1) is 32.7. The van der Waals surface area contributed by atoms with Gasteiger partial charge < -0.3 is 25.4 Å². The number of urea groups is 1. The van der Waals surface area contributed by atoms with Gasteiger partial charge in [-0.25, -0.2) is 9.78 Å². The van der Waals surface area contributed by atoms with Gasteiger partial charge in [0.1, 0.15) is 23.3 Å². The van der Waals surface area contributed by atoms with Crippen LogP contribution in [-0.4, -0.2) is 53.2 Å². The van der Waals surface area contributed by atoms with Crippen LogP contribution in [0.5, 0.6) is 5.75 Å². The molecule has 2 heterocycles. The molecule has 0 spiro atoms. The molecule has 1 aliphatic rings. The first-order valence-corrected chi connectivity index (χ1v) is 14.3. The molecule has 3 N–H and O–H groups in total. The lowest BCUT2D eigenvalue weighted by Gasteiger charge is -2.53. The number of aromatic nitrogens is 1. The minimum Gasteiger partial charge on any atom is -0.500 e. The predicted octanol–water partition coefficient (Wildman–Crippen LogP) is 6.25. The van der Waals surface area contributed by atoms with Crippen molar-refractivity contribution in [1.29, 1.82) is 0 Å². The Morgan fingerprint density at radius 1 is 1.12 bits per heavy atom. The molecule has 3 amide bonds. The second-order valence-electron chi connectivity index (χ2n) is 13.2. The van der Waals surface area contributed by atoms with Gasteiger partial charge in [-0.3, -0.25) is 9.69 Å². The van der Waals surface area contributed by atoms with E-state index in [-0.39, 0.29) is 40.7 Å². The molecule has 0 radical (unpaired) electrons. The van der Waals surface area contributed by atoms with Crippen molar-refractivity contribution >= 4 is 17.6 Å². The van der Waals surface area contributed by atoms with Crippen LogP contribution in [0.25, 0.3) is 0 Å². The fourth-order valence-electron chi connectivity index (χ4n) is 5.24. The van der Waals surface area contributed by atoms with E-state index in [2.05, 4.69) is 67.2 Å². The van der Waals surface area contributed by atoms with Crippen LogP contribution < -0.4 is 20.7 Å². The van der Waals surface area contributed by atoms with E-state index < -0.39 is 6.03 Å². The first-order valence-electron chi connectivity index (χ1n) is 14.3. The molecule has 0 atom stereocenters. The normalized spacial score (nSPS) is 17.2. The topological polar surface area (TPSA) is 105 Å². The molecule has 1 aliphatic heterocycles.